The van der Waals surface area contributed by atoms with E-state index in [9.17, 15) is 9.59 Å². The van der Waals surface area contributed by atoms with Crippen LogP contribution in [0.15, 0.2) is 97.2 Å². The Kier molecular flexibility index (Phi) is 6.13. The maximum Gasteiger partial charge on any atom is 0.417 e. The standard InChI is InChI=1S/C28H20N4O3/c33-27(19-7-6-9-22(17-19)30-28(34)35-23-10-2-1-3-11-23)20-12-14-24-25(31-32-26(24)18-20)15-13-21-8-4-5-16-29-21/h1-18H,(H,30,34)(H,31,32). The van der Waals surface area contributed by atoms with E-state index in [-0.39, 0.29) is 5.78 Å². The number of ether oxygens (including phenoxy) is 1. The zero-order chi connectivity index (χ0) is 24.0. The lowest BCUT2D eigenvalue weighted by Gasteiger charge is -2.08. The highest BCUT2D eigenvalue weighted by Crippen LogP contribution is 2.22. The second-order valence-corrected chi connectivity index (χ2v) is 7.69. The fraction of sp³-hybridized carbons (Fsp3) is 0. The number of anilines is 1. The zero-order valence-corrected chi connectivity index (χ0v) is 18.5. The van der Waals surface area contributed by atoms with Gasteiger partial charge in [-0.15, -0.1) is 0 Å². The molecule has 170 valence electrons. The van der Waals surface area contributed by atoms with Crippen molar-refractivity contribution in [2.45, 2.75) is 0 Å². The predicted molar refractivity (Wildman–Crippen MR) is 135 cm³/mol. The van der Waals surface area contributed by atoms with Gasteiger partial charge in [0.15, 0.2) is 5.78 Å². The van der Waals surface area contributed by atoms with Gasteiger partial charge in [-0.1, -0.05) is 42.5 Å². The molecule has 1 amide bonds. The van der Waals surface area contributed by atoms with Crippen LogP contribution in [0, 0.1) is 0 Å². The van der Waals surface area contributed by atoms with Crippen LogP contribution >= 0.6 is 0 Å². The smallest absolute Gasteiger partial charge is 0.410 e. The number of nitrogens with one attached hydrogen (secondary N) is 2. The van der Waals surface area contributed by atoms with Crippen molar-refractivity contribution in [3.8, 4) is 5.75 Å². The van der Waals surface area contributed by atoms with Crippen LogP contribution in [0.2, 0.25) is 0 Å². The van der Waals surface area contributed by atoms with Crippen molar-refractivity contribution in [3.63, 3.8) is 0 Å². The number of ketones is 1. The monoisotopic (exact) mass is 460 g/mol. The van der Waals surface area contributed by atoms with E-state index < -0.39 is 6.09 Å². The second kappa shape index (κ2) is 9.84. The van der Waals surface area contributed by atoms with Crippen molar-refractivity contribution in [1.82, 2.24) is 15.2 Å². The number of carbonyl (C=O) groups is 2. The fourth-order valence-corrected chi connectivity index (χ4v) is 3.59. The van der Waals surface area contributed by atoms with Gasteiger partial charge in [0.25, 0.3) is 0 Å². The number of H-pyrrole nitrogens is 1. The Morgan fingerprint density at radius 1 is 0.829 bits per heavy atom. The number of amides is 1. The number of hydrogen-bond acceptors (Lipinski definition) is 5. The SMILES string of the molecule is O=C(Nc1cccc(C(=O)c2ccc3c(C=Cc4ccccn4)n[nH]c3c2)c1)Oc1ccccc1. The Labute approximate surface area is 201 Å². The molecule has 0 aliphatic carbocycles. The van der Waals surface area contributed by atoms with Crippen LogP contribution < -0.4 is 10.1 Å². The van der Waals surface area contributed by atoms with Crippen LogP contribution in [-0.4, -0.2) is 27.1 Å². The average Bonchev–Trinajstić information content (AvgIpc) is 3.30. The Hall–Kier alpha value is -5.04. The molecule has 2 aromatic heterocycles. The van der Waals surface area contributed by atoms with Gasteiger partial charge in [-0.3, -0.25) is 20.2 Å². The minimum absolute atomic E-state index is 0.174. The molecule has 2 heterocycles. The third kappa shape index (κ3) is 5.15. The van der Waals surface area contributed by atoms with Crippen molar-refractivity contribution >= 4 is 40.6 Å². The summed E-state index contributed by atoms with van der Waals surface area (Å²) in [5.41, 5.74) is 3.74. The summed E-state index contributed by atoms with van der Waals surface area (Å²) in [6.07, 6.45) is 4.87. The highest BCUT2D eigenvalue weighted by atomic mass is 16.6. The third-order valence-corrected chi connectivity index (χ3v) is 5.28. The number of pyridine rings is 1. The Morgan fingerprint density at radius 3 is 2.49 bits per heavy atom. The van der Waals surface area contributed by atoms with Crippen molar-refractivity contribution in [2.75, 3.05) is 5.32 Å². The average molecular weight is 460 g/mol. The van der Waals surface area contributed by atoms with Crippen molar-refractivity contribution in [2.24, 2.45) is 0 Å². The minimum Gasteiger partial charge on any atom is -0.410 e. The summed E-state index contributed by atoms with van der Waals surface area (Å²) in [6, 6.07) is 26.6. The number of aromatic amines is 1. The van der Waals surface area contributed by atoms with E-state index in [1.807, 2.05) is 42.5 Å². The van der Waals surface area contributed by atoms with Gasteiger partial charge in [-0.25, -0.2) is 4.79 Å². The van der Waals surface area contributed by atoms with Crippen LogP contribution in [0.3, 0.4) is 0 Å². The summed E-state index contributed by atoms with van der Waals surface area (Å²) in [5, 5.41) is 10.9. The second-order valence-electron chi connectivity index (χ2n) is 7.69. The first kappa shape index (κ1) is 21.8. The van der Waals surface area contributed by atoms with E-state index in [4.69, 9.17) is 4.74 Å². The van der Waals surface area contributed by atoms with E-state index in [0.29, 0.717) is 22.6 Å². The number of hydrogen-bond donors (Lipinski definition) is 2. The first-order valence-electron chi connectivity index (χ1n) is 10.9. The lowest BCUT2D eigenvalue weighted by atomic mass is 10.0. The normalized spacial score (nSPS) is 11.0. The lowest BCUT2D eigenvalue weighted by Crippen LogP contribution is -2.17. The number of aromatic nitrogens is 3. The molecule has 0 atom stereocenters. The molecule has 0 aliphatic rings. The van der Waals surface area contributed by atoms with Gasteiger partial charge in [0.1, 0.15) is 5.75 Å². The summed E-state index contributed by atoms with van der Waals surface area (Å²) in [6.45, 7) is 0. The summed E-state index contributed by atoms with van der Waals surface area (Å²) in [5.74, 6) is 0.256. The Morgan fingerprint density at radius 2 is 1.66 bits per heavy atom. The highest BCUT2D eigenvalue weighted by molar-refractivity contribution is 6.11. The van der Waals surface area contributed by atoms with Crippen LogP contribution in [0.1, 0.15) is 27.3 Å². The topological polar surface area (TPSA) is 97.0 Å². The summed E-state index contributed by atoms with van der Waals surface area (Å²) in [4.78, 5) is 29.6. The molecule has 5 rings (SSSR count). The number of rotatable bonds is 6. The lowest BCUT2D eigenvalue weighted by molar-refractivity contribution is 0.103. The van der Waals surface area contributed by atoms with Gasteiger partial charge in [0, 0.05) is 28.4 Å². The van der Waals surface area contributed by atoms with Gasteiger partial charge in [0.05, 0.1) is 16.9 Å². The van der Waals surface area contributed by atoms with Gasteiger partial charge < -0.3 is 4.74 Å². The van der Waals surface area contributed by atoms with E-state index in [0.717, 1.165) is 22.3 Å². The summed E-state index contributed by atoms with van der Waals surface area (Å²) >= 11 is 0. The van der Waals surface area contributed by atoms with Crippen LogP contribution in [0.4, 0.5) is 10.5 Å². The summed E-state index contributed by atoms with van der Waals surface area (Å²) < 4.78 is 5.25. The van der Waals surface area contributed by atoms with E-state index in [1.54, 1.807) is 66.9 Å². The molecular formula is C28H20N4O3. The van der Waals surface area contributed by atoms with Crippen LogP contribution in [0.25, 0.3) is 23.1 Å². The highest BCUT2D eigenvalue weighted by Gasteiger charge is 2.13. The largest absolute Gasteiger partial charge is 0.417 e. The molecule has 7 heteroatoms. The molecule has 5 aromatic rings. The molecule has 7 nitrogen and oxygen atoms in total. The summed E-state index contributed by atoms with van der Waals surface area (Å²) in [7, 11) is 0. The van der Waals surface area contributed by atoms with Gasteiger partial charge in [-0.05, 0) is 60.7 Å². The number of nitrogens with zero attached hydrogens (tertiary/aromatic N) is 2. The maximum atomic E-state index is 13.1. The van der Waals surface area contributed by atoms with Gasteiger partial charge >= 0.3 is 6.09 Å². The number of para-hydroxylation sites is 1. The number of fused-ring (bicyclic) bond motifs is 1. The van der Waals surface area contributed by atoms with E-state index >= 15 is 0 Å². The molecule has 0 saturated heterocycles. The molecule has 0 saturated carbocycles. The maximum absolute atomic E-state index is 13.1. The van der Waals surface area contributed by atoms with Crippen molar-refractivity contribution in [1.29, 1.82) is 0 Å². The molecule has 3 aromatic carbocycles. The minimum atomic E-state index is -0.633. The van der Waals surface area contributed by atoms with Crippen molar-refractivity contribution in [3.05, 3.63) is 120 Å². The van der Waals surface area contributed by atoms with Crippen molar-refractivity contribution < 1.29 is 14.3 Å². The molecule has 0 spiro atoms. The van der Waals surface area contributed by atoms with Crippen LogP contribution in [-0.2, 0) is 0 Å². The molecule has 2 N–H and O–H groups in total. The third-order valence-electron chi connectivity index (χ3n) is 5.28. The van der Waals surface area contributed by atoms with Gasteiger partial charge in [-0.2, -0.15) is 5.10 Å². The quantitative estimate of drug-likeness (QED) is 0.304. The molecule has 0 unspecified atom stereocenters. The molecule has 0 fully saturated rings. The molecule has 35 heavy (non-hydrogen) atoms. The molecule has 0 bridgehead atoms. The Bertz CT molecular complexity index is 1530. The predicted octanol–water partition coefficient (Wildman–Crippen LogP) is 5.97. The number of carbonyl (C=O) groups excluding carboxylic acids is 2. The molecular weight excluding hydrogens is 440 g/mol. The van der Waals surface area contributed by atoms with E-state index in [1.165, 1.54) is 0 Å². The first-order valence-corrected chi connectivity index (χ1v) is 10.9. The fourth-order valence-electron chi connectivity index (χ4n) is 3.59. The van der Waals surface area contributed by atoms with E-state index in [2.05, 4.69) is 20.5 Å². The molecule has 0 radical (unpaired) electrons. The first-order chi connectivity index (χ1) is 17.2. The number of benzene rings is 3. The molecule has 0 aliphatic heterocycles. The zero-order valence-electron chi connectivity index (χ0n) is 18.5. The van der Waals surface area contributed by atoms with Gasteiger partial charge in [0.2, 0.25) is 0 Å². The Balaban J connectivity index is 1.32. The van der Waals surface area contributed by atoms with Crippen LogP contribution in [0.5, 0.6) is 5.75 Å².